The second-order valence-corrected chi connectivity index (χ2v) is 7.94. The Morgan fingerprint density at radius 2 is 1.86 bits per heavy atom. The number of aromatic carboxylic acids is 1. The molecule has 3 aromatic rings. The zero-order chi connectivity index (χ0) is 25.4. The number of aromatic nitrogens is 2. The van der Waals surface area contributed by atoms with E-state index in [4.69, 9.17) is 9.47 Å². The number of anilines is 1. The zero-order valence-electron chi connectivity index (χ0n) is 19.4. The maximum Gasteiger partial charge on any atom is 0.416 e. The molecule has 0 radical (unpaired) electrons. The van der Waals surface area contributed by atoms with E-state index in [2.05, 4.69) is 20.2 Å². The van der Waals surface area contributed by atoms with Gasteiger partial charge in [-0.15, -0.1) is 0 Å². The van der Waals surface area contributed by atoms with Crippen LogP contribution in [0.3, 0.4) is 0 Å². The molecule has 1 aromatic heterocycles. The number of methoxy groups -OCH3 is 1. The van der Waals surface area contributed by atoms with Crippen LogP contribution in [0.5, 0.6) is 5.75 Å². The number of rotatable bonds is 12. The molecule has 1 heterocycles. The summed E-state index contributed by atoms with van der Waals surface area (Å²) >= 11 is 0. The Bertz CT molecular complexity index is 1140. The molecule has 0 saturated carbocycles. The van der Waals surface area contributed by atoms with Crippen molar-refractivity contribution in [2.24, 2.45) is 0 Å². The fraction of sp³-hybridized carbons (Fsp3) is 0.375. The van der Waals surface area contributed by atoms with Crippen LogP contribution in [0.15, 0.2) is 42.7 Å². The van der Waals surface area contributed by atoms with Crippen molar-refractivity contribution >= 4 is 22.7 Å². The smallest absolute Gasteiger partial charge is 0.416 e. The van der Waals surface area contributed by atoms with Gasteiger partial charge in [0.05, 0.1) is 29.9 Å². The maximum atomic E-state index is 12.8. The lowest BCUT2D eigenvalue weighted by atomic mass is 10.1. The SMILES string of the molecule is COCCN(C)CCCOc1cc(C(=O)O)c2ncnc(NCc3ccc(C(F)(F)F)cc3)c2c1. The van der Waals surface area contributed by atoms with E-state index >= 15 is 0 Å². The van der Waals surface area contributed by atoms with E-state index in [0.29, 0.717) is 35.7 Å². The standard InChI is InChI=1S/C24H27F3N4O4/c1-31(9-11-34-2)8-3-10-35-18-12-19-21(20(13-18)23(32)33)29-15-30-22(19)28-14-16-4-6-17(7-5-16)24(25,26)27/h4-7,12-13,15H,3,8-11,14H2,1-2H3,(H,32,33)(H,28,29,30). The number of alkyl halides is 3. The number of halogens is 3. The molecule has 0 aliphatic rings. The number of nitrogens with zero attached hydrogens (tertiary/aromatic N) is 3. The molecule has 0 aliphatic heterocycles. The van der Waals surface area contributed by atoms with Gasteiger partial charge < -0.3 is 24.8 Å². The number of hydrogen-bond donors (Lipinski definition) is 2. The summed E-state index contributed by atoms with van der Waals surface area (Å²) in [5.41, 5.74) is 0.0727. The summed E-state index contributed by atoms with van der Waals surface area (Å²) in [6, 6.07) is 7.85. The van der Waals surface area contributed by atoms with Crippen LogP contribution < -0.4 is 10.1 Å². The van der Waals surface area contributed by atoms with Crippen LogP contribution in [-0.2, 0) is 17.5 Å². The van der Waals surface area contributed by atoms with Crippen molar-refractivity contribution in [3.63, 3.8) is 0 Å². The van der Waals surface area contributed by atoms with E-state index in [1.54, 1.807) is 13.2 Å². The lowest BCUT2D eigenvalue weighted by Crippen LogP contribution is -2.25. The van der Waals surface area contributed by atoms with Crippen LogP contribution in [0, 0.1) is 0 Å². The molecule has 2 aromatic carbocycles. The average molecular weight is 492 g/mol. The molecule has 0 saturated heterocycles. The fourth-order valence-electron chi connectivity index (χ4n) is 3.41. The number of nitrogens with one attached hydrogen (secondary N) is 1. The summed E-state index contributed by atoms with van der Waals surface area (Å²) in [5, 5.41) is 13.2. The molecule has 0 bridgehead atoms. The van der Waals surface area contributed by atoms with Crippen molar-refractivity contribution < 1.29 is 32.5 Å². The van der Waals surface area contributed by atoms with Crippen molar-refractivity contribution in [3.8, 4) is 5.75 Å². The number of ether oxygens (including phenoxy) is 2. The molecule has 11 heteroatoms. The summed E-state index contributed by atoms with van der Waals surface area (Å²) in [6.45, 7) is 2.77. The summed E-state index contributed by atoms with van der Waals surface area (Å²) < 4.78 is 49.2. The molecule has 0 unspecified atom stereocenters. The van der Waals surface area contributed by atoms with E-state index in [1.165, 1.54) is 24.5 Å². The van der Waals surface area contributed by atoms with Gasteiger partial charge in [0.1, 0.15) is 17.9 Å². The van der Waals surface area contributed by atoms with Crippen molar-refractivity contribution in [2.45, 2.75) is 19.1 Å². The number of carbonyl (C=O) groups is 1. The van der Waals surface area contributed by atoms with E-state index in [1.807, 2.05) is 7.05 Å². The highest BCUT2D eigenvalue weighted by Crippen LogP contribution is 2.30. The van der Waals surface area contributed by atoms with Gasteiger partial charge in [0.15, 0.2) is 0 Å². The fourth-order valence-corrected chi connectivity index (χ4v) is 3.41. The first-order valence-corrected chi connectivity index (χ1v) is 10.9. The third-order valence-electron chi connectivity index (χ3n) is 5.31. The quantitative estimate of drug-likeness (QED) is 0.361. The van der Waals surface area contributed by atoms with Crippen LogP contribution in [0.4, 0.5) is 19.0 Å². The minimum Gasteiger partial charge on any atom is -0.493 e. The lowest BCUT2D eigenvalue weighted by Gasteiger charge is -2.16. The highest BCUT2D eigenvalue weighted by Gasteiger charge is 2.29. The molecular weight excluding hydrogens is 465 g/mol. The summed E-state index contributed by atoms with van der Waals surface area (Å²) in [6.07, 6.45) is -2.44. The van der Waals surface area contributed by atoms with Gasteiger partial charge in [-0.2, -0.15) is 13.2 Å². The number of carboxylic acids is 1. The Morgan fingerprint density at radius 3 is 2.51 bits per heavy atom. The van der Waals surface area contributed by atoms with Gasteiger partial charge in [0.2, 0.25) is 0 Å². The largest absolute Gasteiger partial charge is 0.493 e. The molecule has 2 N–H and O–H groups in total. The molecule has 35 heavy (non-hydrogen) atoms. The first-order chi connectivity index (χ1) is 16.7. The molecule has 0 spiro atoms. The van der Waals surface area contributed by atoms with Crippen molar-refractivity contribution in [1.82, 2.24) is 14.9 Å². The van der Waals surface area contributed by atoms with E-state index < -0.39 is 17.7 Å². The van der Waals surface area contributed by atoms with Crippen molar-refractivity contribution in [1.29, 1.82) is 0 Å². The van der Waals surface area contributed by atoms with Gasteiger partial charge in [-0.05, 0) is 43.3 Å². The monoisotopic (exact) mass is 492 g/mol. The van der Waals surface area contributed by atoms with Crippen molar-refractivity contribution in [2.75, 3.05) is 45.8 Å². The molecular formula is C24H27F3N4O4. The van der Waals surface area contributed by atoms with Crippen LogP contribution in [0.1, 0.15) is 27.9 Å². The minimum atomic E-state index is -4.40. The number of carboxylic acid groups (broad SMARTS) is 1. The predicted molar refractivity (Wildman–Crippen MR) is 125 cm³/mol. The van der Waals surface area contributed by atoms with Crippen molar-refractivity contribution in [3.05, 3.63) is 59.4 Å². The summed E-state index contributed by atoms with van der Waals surface area (Å²) in [5.74, 6) is -0.448. The molecule has 0 amide bonds. The van der Waals surface area contributed by atoms with Crippen LogP contribution in [0.2, 0.25) is 0 Å². The molecule has 0 fully saturated rings. The summed E-state index contributed by atoms with van der Waals surface area (Å²) in [7, 11) is 3.62. The van der Waals surface area contributed by atoms with Crippen LogP contribution in [-0.4, -0.2) is 66.4 Å². The van der Waals surface area contributed by atoms with Gasteiger partial charge in [-0.3, -0.25) is 0 Å². The van der Waals surface area contributed by atoms with Crippen LogP contribution in [0.25, 0.3) is 10.9 Å². The highest BCUT2D eigenvalue weighted by atomic mass is 19.4. The summed E-state index contributed by atoms with van der Waals surface area (Å²) in [4.78, 5) is 22.3. The Hall–Kier alpha value is -3.44. The first kappa shape index (κ1) is 26.2. The van der Waals surface area contributed by atoms with Gasteiger partial charge in [0, 0.05) is 32.1 Å². The Labute approximate surface area is 200 Å². The Balaban J connectivity index is 1.75. The molecule has 3 rings (SSSR count). The normalized spacial score (nSPS) is 11.7. The van der Waals surface area contributed by atoms with Gasteiger partial charge in [-0.25, -0.2) is 14.8 Å². The molecule has 0 atom stereocenters. The van der Waals surface area contributed by atoms with Gasteiger partial charge in [-0.1, -0.05) is 12.1 Å². The molecule has 188 valence electrons. The number of hydrogen-bond acceptors (Lipinski definition) is 7. The molecule has 8 nitrogen and oxygen atoms in total. The lowest BCUT2D eigenvalue weighted by molar-refractivity contribution is -0.137. The maximum absolute atomic E-state index is 12.8. The number of likely N-dealkylation sites (N-methyl/N-ethyl adjacent to an activating group) is 1. The van der Waals surface area contributed by atoms with E-state index in [-0.39, 0.29) is 17.6 Å². The zero-order valence-corrected chi connectivity index (χ0v) is 19.4. The second kappa shape index (κ2) is 11.8. The predicted octanol–water partition coefficient (Wildman–Crippen LogP) is 4.31. The number of fused-ring (bicyclic) bond motifs is 1. The molecule has 0 aliphatic carbocycles. The minimum absolute atomic E-state index is 0.0327. The number of benzene rings is 2. The van der Waals surface area contributed by atoms with Gasteiger partial charge >= 0.3 is 12.1 Å². The van der Waals surface area contributed by atoms with Gasteiger partial charge in [0.25, 0.3) is 0 Å². The van der Waals surface area contributed by atoms with Crippen LogP contribution >= 0.6 is 0 Å². The highest BCUT2D eigenvalue weighted by molar-refractivity contribution is 6.05. The Kier molecular flexibility index (Phi) is 8.83. The topological polar surface area (TPSA) is 96.8 Å². The van der Waals surface area contributed by atoms with E-state index in [9.17, 15) is 23.1 Å². The average Bonchev–Trinajstić information content (AvgIpc) is 2.83. The third kappa shape index (κ3) is 7.27. The van der Waals surface area contributed by atoms with E-state index in [0.717, 1.165) is 31.6 Å². The third-order valence-corrected chi connectivity index (χ3v) is 5.31. The Morgan fingerprint density at radius 1 is 1.11 bits per heavy atom. The first-order valence-electron chi connectivity index (χ1n) is 10.9. The second-order valence-electron chi connectivity index (χ2n) is 7.94.